The number of hydrogen-bond donors (Lipinski definition) is 3. The van der Waals surface area contributed by atoms with Crippen LogP contribution in [0.25, 0.3) is 0 Å². The molecule has 1 heterocycles. The molecule has 4 amide bonds. The van der Waals surface area contributed by atoms with Crippen LogP contribution in [0.15, 0.2) is 30.3 Å². The van der Waals surface area contributed by atoms with Crippen molar-refractivity contribution in [3.63, 3.8) is 0 Å². The van der Waals surface area contributed by atoms with Gasteiger partial charge in [0.05, 0.1) is 43.4 Å². The van der Waals surface area contributed by atoms with Crippen LogP contribution >= 0.6 is 0 Å². The number of esters is 1. The number of carbonyl (C=O) groups excluding carboxylic acids is 8. The van der Waals surface area contributed by atoms with E-state index < -0.39 is 66.2 Å². The van der Waals surface area contributed by atoms with E-state index in [0.717, 1.165) is 12.0 Å². The summed E-state index contributed by atoms with van der Waals surface area (Å²) in [6, 6.07) is 7.24. The molecule has 0 aliphatic carbocycles. The smallest absolute Gasteiger partial charge is 0.328 e. The van der Waals surface area contributed by atoms with Crippen LogP contribution in [0.1, 0.15) is 119 Å². The minimum absolute atomic E-state index is 0.0101. The van der Waals surface area contributed by atoms with Gasteiger partial charge in [-0.15, -0.1) is 0 Å². The number of likely N-dealkylation sites (tertiary alicyclic amines) is 1. The Labute approximate surface area is 423 Å². The summed E-state index contributed by atoms with van der Waals surface area (Å²) in [5, 5.41) is 5.41. The normalized spacial score (nSPS) is 18.0. The fourth-order valence-corrected chi connectivity index (χ4v) is 9.90. The van der Waals surface area contributed by atoms with Gasteiger partial charge in [0.15, 0.2) is 12.0 Å². The number of methoxy groups -OCH3 is 2. The highest BCUT2D eigenvalue weighted by atomic mass is 16.5. The van der Waals surface area contributed by atoms with Gasteiger partial charge in [-0.1, -0.05) is 85.2 Å². The molecule has 18 nitrogen and oxygen atoms in total. The van der Waals surface area contributed by atoms with Gasteiger partial charge in [0.25, 0.3) is 6.47 Å². The molecule has 0 spiro atoms. The molecule has 1 unspecified atom stereocenters. The van der Waals surface area contributed by atoms with E-state index in [1.165, 1.54) is 14.0 Å². The zero-order chi connectivity index (χ0) is 53.5. The van der Waals surface area contributed by atoms with Gasteiger partial charge in [-0.05, 0) is 70.0 Å². The molecule has 1 aliphatic rings. The second-order valence-corrected chi connectivity index (χ2v) is 20.2. The number of rotatable bonds is 34. The highest BCUT2D eigenvalue weighted by Crippen LogP contribution is 2.32. The van der Waals surface area contributed by atoms with E-state index in [1.54, 1.807) is 30.9 Å². The Morgan fingerprint density at radius 2 is 1.55 bits per heavy atom. The Hall–Kier alpha value is -4.78. The monoisotopic (exact) mass is 1000 g/mol. The van der Waals surface area contributed by atoms with Crippen LogP contribution in [-0.2, 0) is 63.7 Å². The Morgan fingerprint density at radius 1 is 0.887 bits per heavy atom. The molecule has 18 heteroatoms. The molecule has 1 fully saturated rings. The average Bonchev–Trinajstić information content (AvgIpc) is 3.81. The Morgan fingerprint density at radius 3 is 2.11 bits per heavy atom. The summed E-state index contributed by atoms with van der Waals surface area (Å²) in [6.07, 6.45) is 0.383. The van der Waals surface area contributed by atoms with E-state index in [-0.39, 0.29) is 111 Å². The molecule has 0 aromatic heterocycles. The Kier molecular flexibility index (Phi) is 27.8. The van der Waals surface area contributed by atoms with Gasteiger partial charge in [-0.3, -0.25) is 44.2 Å². The lowest BCUT2D eigenvalue weighted by Gasteiger charge is -2.41. The van der Waals surface area contributed by atoms with E-state index in [4.69, 9.17) is 19.9 Å². The first-order valence-electron chi connectivity index (χ1n) is 25.5. The second kappa shape index (κ2) is 31.6. The molecule has 1 aromatic carbocycles. The molecule has 0 saturated carbocycles. The van der Waals surface area contributed by atoms with Crippen molar-refractivity contribution in [2.75, 3.05) is 55.1 Å². The summed E-state index contributed by atoms with van der Waals surface area (Å²) >= 11 is 0. The summed E-state index contributed by atoms with van der Waals surface area (Å²) in [6.45, 7) is 16.0. The third-order valence-corrected chi connectivity index (χ3v) is 14.0. The highest BCUT2D eigenvalue weighted by molar-refractivity contribution is 5.91. The molecule has 71 heavy (non-hydrogen) atoms. The van der Waals surface area contributed by atoms with Crippen molar-refractivity contribution in [2.45, 2.75) is 162 Å². The SMILES string of the molecule is CC[C@H](C)[C@@H]([C@@H](CC(=O)N1CCC[C@H]1[C@H](OC)[C@@H](C)C(=O)C[C@@H](Cc1ccccc1)C(=O)NCCCOC(=O)[C@H](C)NC(=O)CCC(N)OC=O)OC)N(C)C(=O)[C@@H](CC(=O)[C@H](C(C)C)N(C)C)C(C)C. The third-order valence-electron chi connectivity index (χ3n) is 14.0. The number of ether oxygens (including phenoxy) is 4. The first-order valence-corrected chi connectivity index (χ1v) is 25.5. The van der Waals surface area contributed by atoms with Gasteiger partial charge in [-0.2, -0.15) is 0 Å². The van der Waals surface area contributed by atoms with Crippen molar-refractivity contribution < 1.29 is 57.3 Å². The average molecular weight is 1000 g/mol. The maximum atomic E-state index is 14.5. The van der Waals surface area contributed by atoms with E-state index in [9.17, 15) is 38.4 Å². The largest absolute Gasteiger partial charge is 0.464 e. The number of amides is 4. The first-order chi connectivity index (χ1) is 33.5. The lowest BCUT2D eigenvalue weighted by Crippen LogP contribution is -2.54. The predicted octanol–water partition coefficient (Wildman–Crippen LogP) is 4.33. The molecule has 11 atom stereocenters. The lowest BCUT2D eigenvalue weighted by molar-refractivity contribution is -0.149. The van der Waals surface area contributed by atoms with E-state index in [1.807, 2.05) is 90.9 Å². The van der Waals surface area contributed by atoms with Crippen molar-refractivity contribution in [3.8, 4) is 0 Å². The number of hydrogen-bond acceptors (Lipinski definition) is 14. The highest BCUT2D eigenvalue weighted by Gasteiger charge is 2.43. The third kappa shape index (κ3) is 19.6. The standard InChI is InChI=1S/C53H88N6O12/c1-14-35(6)49(58(11)52(66)40(33(2)3)30-43(62)48(34(4)5)57(9)10)44(68-12)31-47(64)59-26-18-22-41(59)50(69-13)36(7)42(61)29-39(28-38-20-16-15-17-21-38)51(65)55-25-19-27-70-53(67)37(8)56-46(63)24-23-45(54)71-32-60/h15-17,20-21,32-37,39-41,44-45,48-50H,14,18-19,22-31,54H2,1-13H3,(H,55,65)(H,56,63)/t35-,36-,37-,39+,40-,41-,44+,45?,48-,49-,50+/m0/s1. The zero-order valence-electron chi connectivity index (χ0n) is 45.0. The first kappa shape index (κ1) is 62.3. The van der Waals surface area contributed by atoms with Gasteiger partial charge in [-0.25, -0.2) is 4.79 Å². The minimum Gasteiger partial charge on any atom is -0.464 e. The molecular weight excluding hydrogens is 913 g/mol. The lowest BCUT2D eigenvalue weighted by atomic mass is 9.83. The zero-order valence-corrected chi connectivity index (χ0v) is 45.0. The molecule has 4 N–H and O–H groups in total. The van der Waals surface area contributed by atoms with E-state index in [0.29, 0.717) is 25.8 Å². The quantitative estimate of drug-likeness (QED) is 0.0378. The van der Waals surface area contributed by atoms with Gasteiger partial charge < -0.3 is 39.4 Å². The topological polar surface area (TPSA) is 233 Å². The van der Waals surface area contributed by atoms with E-state index >= 15 is 0 Å². The van der Waals surface area contributed by atoms with Crippen LogP contribution < -0.4 is 16.4 Å². The van der Waals surface area contributed by atoms with E-state index in [2.05, 4.69) is 15.4 Å². The number of ketones is 2. The van der Waals surface area contributed by atoms with Crippen LogP contribution in [0.2, 0.25) is 0 Å². The molecule has 402 valence electrons. The molecule has 1 aromatic rings. The molecule has 1 saturated heterocycles. The molecular formula is C53H88N6O12. The fourth-order valence-electron chi connectivity index (χ4n) is 9.90. The Bertz CT molecular complexity index is 1840. The fraction of sp³-hybridized carbons (Fsp3) is 0.736. The molecule has 0 bridgehead atoms. The second-order valence-electron chi connectivity index (χ2n) is 20.2. The molecule has 2 rings (SSSR count). The van der Waals surface area contributed by atoms with Gasteiger partial charge in [0.2, 0.25) is 23.6 Å². The maximum absolute atomic E-state index is 14.5. The number of nitrogens with one attached hydrogen (secondary N) is 2. The van der Waals surface area contributed by atoms with Crippen LogP contribution in [0.4, 0.5) is 0 Å². The predicted molar refractivity (Wildman–Crippen MR) is 270 cm³/mol. The number of likely N-dealkylation sites (N-methyl/N-ethyl adjacent to an activating group) is 2. The summed E-state index contributed by atoms with van der Waals surface area (Å²) in [7, 11) is 8.60. The summed E-state index contributed by atoms with van der Waals surface area (Å²) in [5.41, 5.74) is 6.43. The number of nitrogens with two attached hydrogens (primary N) is 1. The van der Waals surface area contributed by atoms with Crippen LogP contribution in [0.3, 0.4) is 0 Å². The molecule has 1 aliphatic heterocycles. The van der Waals surface area contributed by atoms with Gasteiger partial charge >= 0.3 is 5.97 Å². The maximum Gasteiger partial charge on any atom is 0.328 e. The van der Waals surface area contributed by atoms with Crippen LogP contribution in [0.5, 0.6) is 0 Å². The number of Topliss-reactive ketones (excluding diaryl/α,β-unsaturated/α-hetero) is 2. The van der Waals surface area contributed by atoms with Crippen LogP contribution in [-0.4, -0.2) is 160 Å². The van der Waals surface area contributed by atoms with Crippen molar-refractivity contribution in [2.24, 2.45) is 41.2 Å². The number of benzene rings is 1. The van der Waals surface area contributed by atoms with Crippen LogP contribution in [0, 0.1) is 35.5 Å². The van der Waals surface area contributed by atoms with Crippen molar-refractivity contribution in [1.82, 2.24) is 25.3 Å². The van der Waals surface area contributed by atoms with Gasteiger partial charge in [0, 0.05) is 77.8 Å². The minimum atomic E-state index is -0.943. The number of carbonyl (C=O) groups is 8. The summed E-state index contributed by atoms with van der Waals surface area (Å²) in [4.78, 5) is 111. The molecule has 0 radical (unpaired) electrons. The van der Waals surface area contributed by atoms with Crippen molar-refractivity contribution >= 4 is 47.6 Å². The summed E-state index contributed by atoms with van der Waals surface area (Å²) < 4.78 is 22.0. The Balaban J connectivity index is 2.18. The summed E-state index contributed by atoms with van der Waals surface area (Å²) in [5.74, 6) is -4.00. The van der Waals surface area contributed by atoms with Gasteiger partial charge in [0.1, 0.15) is 11.8 Å². The van der Waals surface area contributed by atoms with Crippen molar-refractivity contribution in [1.29, 1.82) is 0 Å². The number of nitrogens with zero attached hydrogens (tertiary/aromatic N) is 3. The van der Waals surface area contributed by atoms with Crippen molar-refractivity contribution in [3.05, 3.63) is 35.9 Å².